The van der Waals surface area contributed by atoms with Crippen molar-refractivity contribution in [1.82, 2.24) is 9.55 Å². The fourth-order valence-electron chi connectivity index (χ4n) is 2.64. The molecule has 1 amide bonds. The lowest BCUT2D eigenvalue weighted by Gasteiger charge is -2.10. The second-order valence-corrected chi connectivity index (χ2v) is 6.51. The normalized spacial score (nSPS) is 12.4. The van der Waals surface area contributed by atoms with E-state index in [1.165, 1.54) is 18.3 Å². The Labute approximate surface area is 135 Å². The lowest BCUT2D eigenvalue weighted by Crippen LogP contribution is -2.41. The van der Waals surface area contributed by atoms with E-state index in [9.17, 15) is 14.4 Å². The minimum Gasteiger partial charge on any atom is -0.368 e. The first kappa shape index (κ1) is 15.2. The zero-order valence-electron chi connectivity index (χ0n) is 12.6. The summed E-state index contributed by atoms with van der Waals surface area (Å²) in [5, 5.41) is 0.409. The number of aromatic nitrogens is 2. The van der Waals surface area contributed by atoms with Crippen molar-refractivity contribution in [3.05, 3.63) is 56.0 Å². The zero-order chi connectivity index (χ0) is 16.7. The Balaban J connectivity index is 2.43. The van der Waals surface area contributed by atoms with Gasteiger partial charge in [0.2, 0.25) is 5.91 Å². The molecule has 7 heteroatoms. The molecule has 0 aliphatic heterocycles. The molecule has 2 heterocycles. The highest BCUT2D eigenvalue weighted by molar-refractivity contribution is 7.19. The van der Waals surface area contributed by atoms with Gasteiger partial charge in [-0.05, 0) is 19.4 Å². The lowest BCUT2D eigenvalue weighted by atomic mass is 10.0. The van der Waals surface area contributed by atoms with Gasteiger partial charge in [-0.2, -0.15) is 0 Å². The van der Waals surface area contributed by atoms with Gasteiger partial charge in [0.15, 0.2) is 0 Å². The predicted molar refractivity (Wildman–Crippen MR) is 90.8 cm³/mol. The molecule has 0 fully saturated rings. The van der Waals surface area contributed by atoms with Crippen molar-refractivity contribution >= 4 is 27.5 Å². The van der Waals surface area contributed by atoms with Gasteiger partial charge >= 0.3 is 5.69 Å². The van der Waals surface area contributed by atoms with Crippen LogP contribution < -0.4 is 17.0 Å². The van der Waals surface area contributed by atoms with E-state index in [-0.39, 0.29) is 0 Å². The lowest BCUT2D eigenvalue weighted by molar-refractivity contribution is -0.120. The van der Waals surface area contributed by atoms with Gasteiger partial charge in [-0.25, -0.2) is 9.36 Å². The number of nitrogens with zero attached hydrogens (tertiary/aromatic N) is 1. The molecule has 3 N–H and O–H groups in total. The average molecular weight is 329 g/mol. The van der Waals surface area contributed by atoms with Crippen molar-refractivity contribution in [2.24, 2.45) is 5.73 Å². The molecule has 0 aliphatic carbocycles. The number of aryl methyl sites for hydroxylation is 1. The van der Waals surface area contributed by atoms with Crippen LogP contribution in [0.2, 0.25) is 0 Å². The summed E-state index contributed by atoms with van der Waals surface area (Å²) in [6.07, 6.45) is 0. The average Bonchev–Trinajstić information content (AvgIpc) is 2.84. The first-order chi connectivity index (χ1) is 10.9. The van der Waals surface area contributed by atoms with E-state index < -0.39 is 23.2 Å². The number of amides is 1. The van der Waals surface area contributed by atoms with E-state index in [4.69, 9.17) is 5.73 Å². The second kappa shape index (κ2) is 5.51. The summed E-state index contributed by atoms with van der Waals surface area (Å²) in [6.45, 7) is 3.33. The fourth-order valence-corrected chi connectivity index (χ4v) is 3.70. The second-order valence-electron chi connectivity index (χ2n) is 5.29. The monoisotopic (exact) mass is 329 g/mol. The van der Waals surface area contributed by atoms with Crippen molar-refractivity contribution in [1.29, 1.82) is 0 Å². The molecule has 1 aromatic carbocycles. The van der Waals surface area contributed by atoms with Gasteiger partial charge in [0, 0.05) is 10.4 Å². The maximum absolute atomic E-state index is 12.8. The Morgan fingerprint density at radius 2 is 1.91 bits per heavy atom. The molecule has 3 rings (SSSR count). The van der Waals surface area contributed by atoms with Gasteiger partial charge in [-0.15, -0.1) is 11.3 Å². The standard InChI is InChI=1S/C16H15N3O3S/c1-8(13(17)20)19-15(21)12-11(10-6-4-3-5-7-10)9(2)23-14(12)18-16(19)22/h3-8H,1-2H3,(H2,17,20)(H,18,22). The number of primary amides is 1. The molecule has 1 atom stereocenters. The molecule has 23 heavy (non-hydrogen) atoms. The molecular weight excluding hydrogens is 314 g/mol. The summed E-state index contributed by atoms with van der Waals surface area (Å²) < 4.78 is 0.878. The molecule has 0 spiro atoms. The number of carbonyl (C=O) groups excluding carboxylic acids is 1. The number of H-pyrrole nitrogens is 1. The molecule has 6 nitrogen and oxygen atoms in total. The van der Waals surface area contributed by atoms with Crippen LogP contribution in [0.4, 0.5) is 0 Å². The summed E-state index contributed by atoms with van der Waals surface area (Å²) in [5.74, 6) is -0.731. The third-order valence-electron chi connectivity index (χ3n) is 3.82. The van der Waals surface area contributed by atoms with Crippen LogP contribution in [0.5, 0.6) is 0 Å². The van der Waals surface area contributed by atoms with Crippen LogP contribution in [0.3, 0.4) is 0 Å². The summed E-state index contributed by atoms with van der Waals surface area (Å²) in [6, 6.07) is 8.45. The minimum atomic E-state index is -1.01. The SMILES string of the molecule is Cc1sc2[nH]c(=O)n(C(C)C(N)=O)c(=O)c2c1-c1ccccc1. The molecule has 0 bridgehead atoms. The van der Waals surface area contributed by atoms with Crippen LogP contribution >= 0.6 is 11.3 Å². The van der Waals surface area contributed by atoms with Crippen LogP contribution in [0.25, 0.3) is 21.3 Å². The molecular formula is C16H15N3O3S. The number of rotatable bonds is 3. The highest BCUT2D eigenvalue weighted by Crippen LogP contribution is 2.34. The summed E-state index contributed by atoms with van der Waals surface area (Å²) in [4.78, 5) is 40.5. The van der Waals surface area contributed by atoms with Crippen LogP contribution in [-0.2, 0) is 4.79 Å². The van der Waals surface area contributed by atoms with Crippen LogP contribution in [0.15, 0.2) is 39.9 Å². The highest BCUT2D eigenvalue weighted by Gasteiger charge is 2.22. The third-order valence-corrected chi connectivity index (χ3v) is 4.84. The van der Waals surface area contributed by atoms with E-state index in [1.54, 1.807) is 0 Å². The summed E-state index contributed by atoms with van der Waals surface area (Å²) in [5.41, 5.74) is 5.79. The number of aromatic amines is 1. The largest absolute Gasteiger partial charge is 0.368 e. The molecule has 3 aromatic rings. The van der Waals surface area contributed by atoms with Crippen molar-refractivity contribution in [2.45, 2.75) is 19.9 Å². The third kappa shape index (κ3) is 2.39. The smallest absolute Gasteiger partial charge is 0.330 e. The number of thiophene rings is 1. The molecule has 0 aliphatic rings. The maximum atomic E-state index is 12.8. The molecule has 0 radical (unpaired) electrons. The highest BCUT2D eigenvalue weighted by atomic mass is 32.1. The Bertz CT molecular complexity index is 1010. The molecule has 0 saturated heterocycles. The molecule has 1 unspecified atom stereocenters. The Kier molecular flexibility index (Phi) is 3.65. The van der Waals surface area contributed by atoms with E-state index in [0.717, 1.165) is 20.6 Å². The van der Waals surface area contributed by atoms with Gasteiger partial charge in [0.1, 0.15) is 10.9 Å². The van der Waals surface area contributed by atoms with E-state index in [2.05, 4.69) is 4.98 Å². The maximum Gasteiger partial charge on any atom is 0.330 e. The number of carbonyl (C=O) groups is 1. The van der Waals surface area contributed by atoms with E-state index in [1.807, 2.05) is 37.3 Å². The van der Waals surface area contributed by atoms with Crippen LogP contribution in [0, 0.1) is 6.92 Å². The number of fused-ring (bicyclic) bond motifs is 1. The number of hydrogen-bond acceptors (Lipinski definition) is 4. The van der Waals surface area contributed by atoms with Gasteiger partial charge in [-0.3, -0.25) is 14.6 Å². The Hall–Kier alpha value is -2.67. The van der Waals surface area contributed by atoms with Crippen LogP contribution in [-0.4, -0.2) is 15.5 Å². The zero-order valence-corrected chi connectivity index (χ0v) is 13.4. The van der Waals surface area contributed by atoms with Gasteiger partial charge in [-0.1, -0.05) is 30.3 Å². The fraction of sp³-hybridized carbons (Fsp3) is 0.188. The molecule has 2 aromatic heterocycles. The number of hydrogen-bond donors (Lipinski definition) is 2. The number of nitrogens with one attached hydrogen (secondary N) is 1. The van der Waals surface area contributed by atoms with E-state index in [0.29, 0.717) is 10.2 Å². The predicted octanol–water partition coefficient (Wildman–Crippen LogP) is 1.77. The van der Waals surface area contributed by atoms with Crippen LogP contribution in [0.1, 0.15) is 17.8 Å². The van der Waals surface area contributed by atoms with Crippen molar-refractivity contribution < 1.29 is 4.79 Å². The van der Waals surface area contributed by atoms with E-state index >= 15 is 0 Å². The van der Waals surface area contributed by atoms with Crippen molar-refractivity contribution in [3.8, 4) is 11.1 Å². The quantitative estimate of drug-likeness (QED) is 0.766. The minimum absolute atomic E-state index is 0.409. The Morgan fingerprint density at radius 3 is 2.52 bits per heavy atom. The topological polar surface area (TPSA) is 97.9 Å². The molecule has 118 valence electrons. The molecule has 0 saturated carbocycles. The van der Waals surface area contributed by atoms with Gasteiger partial charge in [0.25, 0.3) is 5.56 Å². The Morgan fingerprint density at radius 1 is 1.26 bits per heavy atom. The summed E-state index contributed by atoms with van der Waals surface area (Å²) in [7, 11) is 0. The van der Waals surface area contributed by atoms with Crippen molar-refractivity contribution in [3.63, 3.8) is 0 Å². The number of nitrogens with two attached hydrogens (primary N) is 1. The van der Waals surface area contributed by atoms with Gasteiger partial charge < -0.3 is 5.73 Å². The van der Waals surface area contributed by atoms with Crippen molar-refractivity contribution in [2.75, 3.05) is 0 Å². The summed E-state index contributed by atoms with van der Waals surface area (Å²) >= 11 is 1.35. The van der Waals surface area contributed by atoms with Gasteiger partial charge in [0.05, 0.1) is 5.39 Å². The number of benzene rings is 1. The first-order valence-corrected chi connectivity index (χ1v) is 7.86. The first-order valence-electron chi connectivity index (χ1n) is 7.04.